The number of carbonyl (C=O) groups is 9. The third-order valence-electron chi connectivity index (χ3n) is 16.6. The van der Waals surface area contributed by atoms with Gasteiger partial charge in [0.15, 0.2) is 0 Å². The Morgan fingerprint density at radius 1 is 0.779 bits per heavy atom. The molecule has 0 bridgehead atoms. The number of halogens is 1. The molecule has 2 aromatic carbocycles. The van der Waals surface area contributed by atoms with Crippen LogP contribution in [0.2, 0.25) is 5.15 Å². The zero-order valence-corrected chi connectivity index (χ0v) is 49.6. The van der Waals surface area contributed by atoms with Gasteiger partial charge in [-0.1, -0.05) is 119 Å². The van der Waals surface area contributed by atoms with E-state index in [0.717, 1.165) is 4.73 Å². The molecule has 7 rings (SSSR count). The molecule has 4 fully saturated rings. The molecule has 0 radical (unpaired) electrons. The second-order valence-electron chi connectivity index (χ2n) is 22.6. The maximum atomic E-state index is 15.3. The number of nitrogens with zero attached hydrogens (tertiary/aromatic N) is 4. The Kier molecular flexibility index (Phi) is 22.0. The van der Waals surface area contributed by atoms with Crippen LogP contribution >= 0.6 is 11.6 Å². The first-order valence-electron chi connectivity index (χ1n) is 29.0. The first kappa shape index (κ1) is 65.1. The molecule has 3 aromatic rings. The van der Waals surface area contributed by atoms with Gasteiger partial charge in [-0.25, -0.2) is 9.59 Å². The van der Waals surface area contributed by atoms with Gasteiger partial charge in [0.05, 0.1) is 6.61 Å². The summed E-state index contributed by atoms with van der Waals surface area (Å²) in [6, 6.07) is 6.57. The minimum atomic E-state index is -1.96. The van der Waals surface area contributed by atoms with Crippen LogP contribution in [0.15, 0.2) is 84.9 Å². The summed E-state index contributed by atoms with van der Waals surface area (Å²) in [5, 5.41) is 40.1. The fraction of sp³-hybridized carbons (Fsp3) is 0.542. The second-order valence-corrected chi connectivity index (χ2v) is 23.0. The van der Waals surface area contributed by atoms with E-state index < -0.39 is 166 Å². The molecule has 2 saturated heterocycles. The van der Waals surface area contributed by atoms with Crippen LogP contribution in [0.4, 0.5) is 0 Å². The fourth-order valence-electron chi connectivity index (χ4n) is 11.1. The van der Waals surface area contributed by atoms with Crippen molar-refractivity contribution in [1.29, 1.82) is 0 Å². The second kappa shape index (κ2) is 29.1. The summed E-state index contributed by atoms with van der Waals surface area (Å²) < 4.78 is 11.8. The number of fused-ring (bicyclic) bond motifs is 1. The highest BCUT2D eigenvalue weighted by molar-refractivity contribution is 6.30. The number of carbonyl (C=O) groups excluding carboxylic acids is 9. The van der Waals surface area contributed by atoms with E-state index in [1.807, 2.05) is 0 Å². The predicted octanol–water partition coefficient (Wildman–Crippen LogP) is 3.16. The van der Waals surface area contributed by atoms with Crippen molar-refractivity contribution in [3.8, 4) is 0 Å². The summed E-state index contributed by atoms with van der Waals surface area (Å²) in [6.45, 7) is 10.7. The first-order chi connectivity index (χ1) is 41.0. The van der Waals surface area contributed by atoms with Gasteiger partial charge in [-0.3, -0.25) is 53.8 Å². The summed E-state index contributed by atoms with van der Waals surface area (Å²) in [5.74, 6) is -12.6. The Morgan fingerprint density at radius 2 is 1.35 bits per heavy atom. The zero-order valence-electron chi connectivity index (χ0n) is 48.9. The number of benzene rings is 2. The molecule has 0 unspecified atom stereocenters. The van der Waals surface area contributed by atoms with Crippen molar-refractivity contribution in [2.75, 3.05) is 19.8 Å². The smallest absolute Gasteiger partial charge is 0.346 e. The Balaban J connectivity index is 1.32. The number of hydrogen-bond acceptors (Lipinski definition) is 16. The third-order valence-corrected chi connectivity index (χ3v) is 16.9. The van der Waals surface area contributed by atoms with E-state index in [1.165, 1.54) is 24.0 Å². The van der Waals surface area contributed by atoms with Crippen LogP contribution in [0, 0.1) is 43.9 Å². The fourth-order valence-corrected chi connectivity index (χ4v) is 11.3. The Bertz CT molecular complexity index is 3040. The summed E-state index contributed by atoms with van der Waals surface area (Å²) in [5.41, 5.74) is 0.790. The lowest BCUT2D eigenvalue weighted by Gasteiger charge is -2.34. The first-order valence-corrected chi connectivity index (χ1v) is 29.3. The van der Waals surface area contributed by atoms with E-state index in [1.54, 1.807) is 114 Å². The van der Waals surface area contributed by atoms with Crippen LogP contribution in [0.25, 0.3) is 0 Å². The molecule has 2 aliphatic carbocycles. The van der Waals surface area contributed by atoms with Gasteiger partial charge < -0.3 is 51.1 Å². The highest BCUT2D eigenvalue weighted by Crippen LogP contribution is 2.39. The molecule has 2 saturated carbocycles. The summed E-state index contributed by atoms with van der Waals surface area (Å²) in [6.07, 6.45) is 1.72. The molecule has 0 spiro atoms. The lowest BCUT2D eigenvalue weighted by Crippen LogP contribution is -2.62. The number of ether oxygens (including phenoxy) is 2. The lowest BCUT2D eigenvalue weighted by molar-refractivity contribution is -0.498. The quantitative estimate of drug-likeness (QED) is 0.0386. The molecule has 464 valence electrons. The van der Waals surface area contributed by atoms with E-state index in [0.29, 0.717) is 17.5 Å². The standard InChI is InChI=1S/C59H75ClN10O16/c1-8-17-35-24-45-59(79)86-34(7)51(66-53(73)40(25-38-27-43(38)69(80)81)61-54(74)42-22-23-46(60)68(42)85-30-47(71)84-10-3)57(77)65-49(32(5)36-18-13-11-14-19-36)55(75)62-41(26-39-28-44(39)70(82)83)52(72)64-50(33(6)37-20-15-12-16-21-37)56(76)63-48(31(4)9-2)58(78)67(45)29-35/h8,11-23,31-35,38-41,43-45,48-51H,9-10,24-30H2,1-7H3,(H,61,74)(H,62,75)(H,63,76)(H,64,72)(H,65,77)(H,66,73)/b17-8-/t31-,32+,33+,34+,35-,38+,39+,40-,41+,43+,44+,45-,48-,49-,50-,51+/m0/s1. The van der Waals surface area contributed by atoms with Crippen LogP contribution in [0.5, 0.6) is 0 Å². The van der Waals surface area contributed by atoms with Crippen LogP contribution in [0.1, 0.15) is 120 Å². The normalized spacial score (nSPS) is 27.8. The van der Waals surface area contributed by atoms with Gasteiger partial charge in [0, 0.05) is 52.9 Å². The van der Waals surface area contributed by atoms with Gasteiger partial charge in [-0.15, -0.1) is 0 Å². The minimum absolute atomic E-state index is 0.0155. The number of hydrogen-bond donors (Lipinski definition) is 6. The number of rotatable bonds is 21. The molecule has 27 heteroatoms. The van der Waals surface area contributed by atoms with Gasteiger partial charge in [0.1, 0.15) is 59.2 Å². The molecule has 7 amide bonds. The molecule has 16 atom stereocenters. The average Bonchev–Trinajstić information content (AvgIpc) is 2.60. The minimum Gasteiger partial charge on any atom is -0.463 e. The largest absolute Gasteiger partial charge is 0.463 e. The van der Waals surface area contributed by atoms with Crippen molar-refractivity contribution < 1.29 is 67.3 Å². The number of allylic oxidation sites excluding steroid dienone is 1. The number of amides is 7. The lowest BCUT2D eigenvalue weighted by atomic mass is 9.90. The molecule has 26 nitrogen and oxygen atoms in total. The number of nitrogens with one attached hydrogen (secondary N) is 6. The van der Waals surface area contributed by atoms with Gasteiger partial charge in [-0.05, 0) is 75.1 Å². The summed E-state index contributed by atoms with van der Waals surface area (Å²) >= 11 is 6.33. The molecule has 4 aliphatic rings. The van der Waals surface area contributed by atoms with Crippen molar-refractivity contribution in [3.63, 3.8) is 0 Å². The molecular weight excluding hydrogens is 1140 g/mol. The average molecular weight is 1220 g/mol. The maximum absolute atomic E-state index is 15.3. The Hall–Kier alpha value is -8.42. The molecule has 1 aromatic heterocycles. The van der Waals surface area contributed by atoms with Crippen LogP contribution in [-0.2, 0) is 47.8 Å². The van der Waals surface area contributed by atoms with Crippen molar-refractivity contribution in [1.82, 2.24) is 41.5 Å². The topological polar surface area (TPSA) is 348 Å². The Morgan fingerprint density at radius 3 is 1.91 bits per heavy atom. The molecule has 6 N–H and O–H groups in total. The molecule has 2 aliphatic heterocycles. The summed E-state index contributed by atoms with van der Waals surface area (Å²) in [7, 11) is 0. The zero-order chi connectivity index (χ0) is 62.7. The van der Waals surface area contributed by atoms with Crippen molar-refractivity contribution in [2.24, 2.45) is 23.7 Å². The van der Waals surface area contributed by atoms with E-state index in [-0.39, 0.29) is 56.1 Å². The highest BCUT2D eigenvalue weighted by Gasteiger charge is 2.53. The predicted molar refractivity (Wildman–Crippen MR) is 309 cm³/mol. The van der Waals surface area contributed by atoms with E-state index >= 15 is 19.2 Å². The van der Waals surface area contributed by atoms with Gasteiger partial charge in [0.25, 0.3) is 5.91 Å². The van der Waals surface area contributed by atoms with E-state index in [9.17, 15) is 44.2 Å². The van der Waals surface area contributed by atoms with Gasteiger partial charge in [-0.2, -0.15) is 4.73 Å². The van der Waals surface area contributed by atoms with Gasteiger partial charge in [0.2, 0.25) is 54.1 Å². The molecule has 86 heavy (non-hydrogen) atoms. The number of aromatic nitrogens is 1. The monoisotopic (exact) mass is 1210 g/mol. The van der Waals surface area contributed by atoms with E-state index in [4.69, 9.17) is 25.9 Å². The van der Waals surface area contributed by atoms with Crippen LogP contribution in [-0.4, -0.2) is 153 Å². The van der Waals surface area contributed by atoms with Crippen LogP contribution in [0.3, 0.4) is 0 Å². The highest BCUT2D eigenvalue weighted by atomic mass is 35.5. The number of nitro groups is 2. The third kappa shape index (κ3) is 16.1. The Labute approximate surface area is 501 Å². The van der Waals surface area contributed by atoms with Crippen molar-refractivity contribution >= 4 is 64.9 Å². The molecular formula is C59H75ClN10O16. The van der Waals surface area contributed by atoms with Crippen molar-refractivity contribution in [3.05, 3.63) is 127 Å². The van der Waals surface area contributed by atoms with Crippen molar-refractivity contribution in [2.45, 2.75) is 159 Å². The summed E-state index contributed by atoms with van der Waals surface area (Å²) in [4.78, 5) is 162. The maximum Gasteiger partial charge on any atom is 0.346 e. The SMILES string of the molecule is C/C=C\[C@H]1C[C@H]2C(=O)O[C@H](C)[C@@H](NC(=O)[C@H](C[C@@H]3C[C@H]3[N+](=O)[O-])NC(=O)c3ccc(Cl)n3OCC(=O)OCC)C(=O)N[C@@H]([C@H](C)c3ccccc3)C(=O)N[C@H](C[C@@H]3C[C@H]3[N+](=O)[O-])C(=O)N[C@@H]([C@H](C)c3ccccc3)C(=O)N[C@@H]([C@@H](C)CC)C(=O)N2C1. The number of cyclic esters (lactones) is 1. The number of esters is 2. The van der Waals surface area contributed by atoms with Gasteiger partial charge >= 0.3 is 11.9 Å². The van der Waals surface area contributed by atoms with E-state index in [2.05, 4.69) is 31.9 Å². The van der Waals surface area contributed by atoms with Crippen LogP contribution < -0.4 is 36.7 Å². The molecule has 3 heterocycles.